The minimum atomic E-state index is -0.122. The second-order valence-electron chi connectivity index (χ2n) is 6.26. The Bertz CT molecular complexity index is 318. The van der Waals surface area contributed by atoms with Gasteiger partial charge < -0.3 is 19.5 Å². The molecule has 23 heavy (non-hydrogen) atoms. The lowest BCUT2D eigenvalue weighted by molar-refractivity contribution is -0.127. The van der Waals surface area contributed by atoms with Gasteiger partial charge in [-0.15, -0.1) is 0 Å². The quantitative estimate of drug-likeness (QED) is 0.464. The molecule has 0 saturated carbocycles. The molecule has 6 heteroatoms. The molecule has 136 valence electrons. The third kappa shape index (κ3) is 17.2. The second-order valence-corrected chi connectivity index (χ2v) is 6.26. The molecule has 0 radical (unpaired) electrons. The summed E-state index contributed by atoms with van der Waals surface area (Å²) >= 11 is 0. The van der Waals surface area contributed by atoms with Gasteiger partial charge in [0.25, 0.3) is 0 Å². The van der Waals surface area contributed by atoms with E-state index in [1.54, 1.807) is 0 Å². The number of rotatable bonds is 15. The van der Waals surface area contributed by atoms with E-state index in [0.717, 1.165) is 6.42 Å². The van der Waals surface area contributed by atoms with E-state index in [9.17, 15) is 9.59 Å². The molecule has 0 aromatic heterocycles. The van der Waals surface area contributed by atoms with Crippen molar-refractivity contribution in [1.29, 1.82) is 0 Å². The van der Waals surface area contributed by atoms with Crippen molar-refractivity contribution in [3.63, 3.8) is 0 Å². The monoisotopic (exact) mass is 331 g/mol. The van der Waals surface area contributed by atoms with Crippen LogP contribution in [0, 0.1) is 5.92 Å². The van der Waals surface area contributed by atoms with E-state index in [0.29, 0.717) is 45.2 Å². The fourth-order valence-electron chi connectivity index (χ4n) is 1.70. The average Bonchev–Trinajstić information content (AvgIpc) is 2.45. The van der Waals surface area contributed by atoms with E-state index in [1.165, 1.54) is 0 Å². The second kappa shape index (κ2) is 14.6. The van der Waals surface area contributed by atoms with Crippen LogP contribution in [0.4, 0.5) is 0 Å². The van der Waals surface area contributed by atoms with E-state index in [-0.39, 0.29) is 30.9 Å². The first-order valence-corrected chi connectivity index (χ1v) is 8.46. The van der Waals surface area contributed by atoms with Crippen LogP contribution < -0.4 is 5.32 Å². The molecule has 0 aromatic rings. The summed E-state index contributed by atoms with van der Waals surface area (Å²) in [4.78, 5) is 22.8. The van der Waals surface area contributed by atoms with Crippen LogP contribution in [0.15, 0.2) is 0 Å². The van der Waals surface area contributed by atoms with Crippen LogP contribution in [-0.2, 0) is 23.8 Å². The zero-order chi connectivity index (χ0) is 17.5. The van der Waals surface area contributed by atoms with Gasteiger partial charge >= 0.3 is 0 Å². The summed E-state index contributed by atoms with van der Waals surface area (Å²) < 4.78 is 15.9. The minimum Gasteiger partial charge on any atom is -0.379 e. The van der Waals surface area contributed by atoms with Crippen molar-refractivity contribution in [3.05, 3.63) is 0 Å². The largest absolute Gasteiger partial charge is 0.379 e. The highest BCUT2D eigenvalue weighted by Crippen LogP contribution is 2.00. The van der Waals surface area contributed by atoms with Crippen LogP contribution in [0.2, 0.25) is 0 Å². The van der Waals surface area contributed by atoms with Crippen molar-refractivity contribution in [2.75, 3.05) is 39.6 Å². The van der Waals surface area contributed by atoms with E-state index in [2.05, 4.69) is 19.2 Å². The van der Waals surface area contributed by atoms with Gasteiger partial charge in [0.1, 0.15) is 13.2 Å². The predicted molar refractivity (Wildman–Crippen MR) is 89.4 cm³/mol. The smallest absolute Gasteiger partial charge is 0.246 e. The Hall–Kier alpha value is -0.980. The maximum atomic E-state index is 11.5. The van der Waals surface area contributed by atoms with Gasteiger partial charge in [-0.25, -0.2) is 0 Å². The first-order valence-electron chi connectivity index (χ1n) is 8.46. The van der Waals surface area contributed by atoms with E-state index in [1.807, 2.05) is 13.8 Å². The van der Waals surface area contributed by atoms with E-state index in [4.69, 9.17) is 14.2 Å². The van der Waals surface area contributed by atoms with Crippen LogP contribution in [0.3, 0.4) is 0 Å². The first kappa shape index (κ1) is 22.0. The van der Waals surface area contributed by atoms with Crippen molar-refractivity contribution >= 4 is 11.7 Å². The Morgan fingerprint density at radius 1 is 0.870 bits per heavy atom. The maximum Gasteiger partial charge on any atom is 0.246 e. The van der Waals surface area contributed by atoms with Crippen molar-refractivity contribution in [2.24, 2.45) is 5.92 Å². The predicted octanol–water partition coefficient (Wildman–Crippen LogP) is 1.96. The molecule has 0 aromatic carbocycles. The fourth-order valence-corrected chi connectivity index (χ4v) is 1.70. The maximum absolute atomic E-state index is 11.5. The Balaban J connectivity index is 3.29. The highest BCUT2D eigenvalue weighted by atomic mass is 16.5. The lowest BCUT2D eigenvalue weighted by atomic mass is 10.1. The number of Topliss-reactive ketones (excluding diaryl/α,β-unsaturated/α-hetero) is 1. The topological polar surface area (TPSA) is 73.9 Å². The molecule has 0 spiro atoms. The average molecular weight is 331 g/mol. The van der Waals surface area contributed by atoms with Gasteiger partial charge in [0.05, 0.1) is 13.2 Å². The van der Waals surface area contributed by atoms with Crippen molar-refractivity contribution in [3.8, 4) is 0 Å². The van der Waals surface area contributed by atoms with Crippen LogP contribution in [-0.4, -0.2) is 57.4 Å². The zero-order valence-electron chi connectivity index (χ0n) is 15.1. The molecule has 6 nitrogen and oxygen atoms in total. The Kier molecular flexibility index (Phi) is 14.0. The SMILES string of the molecule is CC(C)CCOCC(=O)CCCOCCOCC(=O)NC(C)C. The summed E-state index contributed by atoms with van der Waals surface area (Å²) in [6, 6.07) is 0.120. The fraction of sp³-hybridized carbons (Fsp3) is 0.882. The molecular formula is C17H33NO5. The van der Waals surface area contributed by atoms with Crippen molar-refractivity contribution in [2.45, 2.75) is 53.0 Å². The molecule has 0 rings (SSSR count). The summed E-state index contributed by atoms with van der Waals surface area (Å²) in [6.45, 7) is 10.3. The van der Waals surface area contributed by atoms with Crippen LogP contribution in [0.25, 0.3) is 0 Å². The number of carbonyl (C=O) groups is 2. The van der Waals surface area contributed by atoms with Crippen LogP contribution in [0.5, 0.6) is 0 Å². The number of nitrogens with one attached hydrogen (secondary N) is 1. The van der Waals surface area contributed by atoms with Crippen molar-refractivity contribution in [1.82, 2.24) is 5.32 Å². The Morgan fingerprint density at radius 3 is 2.17 bits per heavy atom. The minimum absolute atomic E-state index is 0.0493. The normalized spacial score (nSPS) is 11.2. The highest BCUT2D eigenvalue weighted by molar-refractivity contribution is 5.79. The van der Waals surface area contributed by atoms with Gasteiger partial charge in [-0.05, 0) is 32.6 Å². The number of ether oxygens (including phenoxy) is 3. The van der Waals surface area contributed by atoms with Crippen LogP contribution in [0.1, 0.15) is 47.0 Å². The molecule has 0 aliphatic heterocycles. The molecule has 1 amide bonds. The summed E-state index contributed by atoms with van der Waals surface area (Å²) in [5.74, 6) is 0.583. The molecule has 0 bridgehead atoms. The van der Waals surface area contributed by atoms with Gasteiger partial charge in [0.15, 0.2) is 5.78 Å². The molecule has 0 saturated heterocycles. The van der Waals surface area contributed by atoms with Crippen molar-refractivity contribution < 1.29 is 23.8 Å². The standard InChI is InChI=1S/C17H33NO5/c1-14(2)7-9-22-12-16(19)6-5-8-21-10-11-23-13-17(20)18-15(3)4/h14-15H,5-13H2,1-4H3,(H,18,20). The molecule has 0 fully saturated rings. The number of hydrogen-bond acceptors (Lipinski definition) is 5. The summed E-state index contributed by atoms with van der Waals surface area (Å²) in [5.41, 5.74) is 0. The van der Waals surface area contributed by atoms with Gasteiger partial charge in [0.2, 0.25) is 5.91 Å². The highest BCUT2D eigenvalue weighted by Gasteiger charge is 2.04. The Labute approximate surface area is 140 Å². The van der Waals surface area contributed by atoms with Gasteiger partial charge in [0, 0.05) is 25.7 Å². The van der Waals surface area contributed by atoms with Gasteiger partial charge in [-0.1, -0.05) is 13.8 Å². The van der Waals surface area contributed by atoms with Gasteiger partial charge in [-0.3, -0.25) is 9.59 Å². The number of carbonyl (C=O) groups excluding carboxylic acids is 2. The molecule has 0 unspecified atom stereocenters. The number of hydrogen-bond donors (Lipinski definition) is 1. The Morgan fingerprint density at radius 2 is 1.52 bits per heavy atom. The summed E-state index contributed by atoms with van der Waals surface area (Å²) in [6.07, 6.45) is 2.13. The van der Waals surface area contributed by atoms with Gasteiger partial charge in [-0.2, -0.15) is 0 Å². The third-order valence-corrected chi connectivity index (χ3v) is 2.90. The molecule has 1 N–H and O–H groups in total. The molecule has 0 heterocycles. The third-order valence-electron chi connectivity index (χ3n) is 2.90. The number of amides is 1. The molecular weight excluding hydrogens is 298 g/mol. The lowest BCUT2D eigenvalue weighted by Gasteiger charge is -2.09. The van der Waals surface area contributed by atoms with E-state index >= 15 is 0 Å². The molecule has 0 aliphatic carbocycles. The summed E-state index contributed by atoms with van der Waals surface area (Å²) in [7, 11) is 0. The molecule has 0 aliphatic rings. The molecule has 0 atom stereocenters. The lowest BCUT2D eigenvalue weighted by Crippen LogP contribution is -2.33. The first-order chi connectivity index (χ1) is 10.9. The number of ketones is 1. The summed E-state index contributed by atoms with van der Waals surface area (Å²) in [5, 5.41) is 2.74. The van der Waals surface area contributed by atoms with Crippen LogP contribution >= 0.6 is 0 Å². The van der Waals surface area contributed by atoms with E-state index < -0.39 is 0 Å². The zero-order valence-corrected chi connectivity index (χ0v) is 15.1.